The lowest BCUT2D eigenvalue weighted by molar-refractivity contribution is 0.892. The summed E-state index contributed by atoms with van der Waals surface area (Å²) in [5.74, 6) is 1.46. The standard InChI is InChI=1S/C30H32N8/c1-20-13-14-23-26(15-18-32-27(23)19-20)31-16-8-17-33-28-36-29(34-24-11-6-4-9-21(24)2)38-30(37-28)35-25-12-7-5-10-22(25)3/h4-7,9-15,18-19H,8,16-17H2,1-3H3,(H,31,32)(H3,33,34,35,36,37,38). The van der Waals surface area contributed by atoms with Crippen LogP contribution in [-0.2, 0) is 0 Å². The normalized spacial score (nSPS) is 10.8. The number of pyridine rings is 1. The van der Waals surface area contributed by atoms with E-state index in [9.17, 15) is 0 Å². The number of anilines is 6. The molecule has 0 unspecified atom stereocenters. The Morgan fingerprint density at radius 3 is 1.87 bits per heavy atom. The van der Waals surface area contributed by atoms with E-state index >= 15 is 0 Å². The van der Waals surface area contributed by atoms with Crippen molar-refractivity contribution in [2.45, 2.75) is 27.2 Å². The third-order valence-electron chi connectivity index (χ3n) is 6.27. The average Bonchev–Trinajstić information content (AvgIpc) is 2.91. The number of rotatable bonds is 10. The molecule has 0 radical (unpaired) electrons. The van der Waals surface area contributed by atoms with Crippen molar-refractivity contribution < 1.29 is 0 Å². The van der Waals surface area contributed by atoms with Crippen LogP contribution in [0.1, 0.15) is 23.1 Å². The van der Waals surface area contributed by atoms with Crippen molar-refractivity contribution in [3.63, 3.8) is 0 Å². The van der Waals surface area contributed by atoms with Crippen molar-refractivity contribution in [2.75, 3.05) is 34.4 Å². The lowest BCUT2D eigenvalue weighted by Gasteiger charge is -2.14. The van der Waals surface area contributed by atoms with Crippen LogP contribution in [0, 0.1) is 20.8 Å². The van der Waals surface area contributed by atoms with Crippen molar-refractivity contribution in [2.24, 2.45) is 0 Å². The van der Waals surface area contributed by atoms with E-state index in [1.807, 2.05) is 48.7 Å². The largest absolute Gasteiger partial charge is 0.384 e. The molecule has 3 aromatic carbocycles. The molecule has 0 amide bonds. The number of nitrogens with zero attached hydrogens (tertiary/aromatic N) is 4. The maximum Gasteiger partial charge on any atom is 0.233 e. The summed E-state index contributed by atoms with van der Waals surface area (Å²) in [6.07, 6.45) is 2.72. The lowest BCUT2D eigenvalue weighted by atomic mass is 10.1. The fraction of sp³-hybridized carbons (Fsp3) is 0.200. The van der Waals surface area contributed by atoms with Crippen molar-refractivity contribution in [3.05, 3.63) is 95.7 Å². The van der Waals surface area contributed by atoms with Gasteiger partial charge in [-0.25, -0.2) is 0 Å². The van der Waals surface area contributed by atoms with Crippen LogP contribution in [-0.4, -0.2) is 33.0 Å². The molecule has 8 nitrogen and oxygen atoms in total. The highest BCUT2D eigenvalue weighted by molar-refractivity contribution is 5.91. The van der Waals surface area contributed by atoms with Crippen molar-refractivity contribution in [1.29, 1.82) is 0 Å². The monoisotopic (exact) mass is 504 g/mol. The highest BCUT2D eigenvalue weighted by atomic mass is 15.3. The fourth-order valence-corrected chi connectivity index (χ4v) is 4.16. The minimum Gasteiger partial charge on any atom is -0.384 e. The van der Waals surface area contributed by atoms with Crippen LogP contribution in [0.2, 0.25) is 0 Å². The first-order valence-electron chi connectivity index (χ1n) is 12.8. The van der Waals surface area contributed by atoms with Crippen LogP contribution in [0.25, 0.3) is 10.9 Å². The van der Waals surface area contributed by atoms with E-state index in [-0.39, 0.29) is 0 Å². The Hall–Kier alpha value is -4.72. The van der Waals surface area contributed by atoms with E-state index in [0.717, 1.165) is 52.1 Å². The summed E-state index contributed by atoms with van der Waals surface area (Å²) in [5.41, 5.74) is 7.42. The minimum atomic E-state index is 0.476. The van der Waals surface area contributed by atoms with Gasteiger partial charge in [-0.05, 0) is 68.1 Å². The SMILES string of the molecule is Cc1ccc2c(NCCCNc3nc(Nc4ccccc4C)nc(Nc4ccccc4C)n3)ccnc2c1. The average molecular weight is 505 g/mol. The van der Waals surface area contributed by atoms with Gasteiger partial charge >= 0.3 is 0 Å². The maximum atomic E-state index is 4.63. The molecule has 0 aliphatic heterocycles. The van der Waals surface area contributed by atoms with Gasteiger partial charge < -0.3 is 21.3 Å². The number of hydrogen-bond acceptors (Lipinski definition) is 8. The summed E-state index contributed by atoms with van der Waals surface area (Å²) in [4.78, 5) is 18.4. The number of para-hydroxylation sites is 2. The molecule has 0 spiro atoms. The Morgan fingerprint density at radius 2 is 1.21 bits per heavy atom. The highest BCUT2D eigenvalue weighted by Crippen LogP contribution is 2.24. The van der Waals surface area contributed by atoms with Crippen LogP contribution < -0.4 is 21.3 Å². The molecule has 0 aliphatic carbocycles. The Morgan fingerprint density at radius 1 is 0.605 bits per heavy atom. The Balaban J connectivity index is 1.26. The third kappa shape index (κ3) is 6.15. The Bertz CT molecular complexity index is 1480. The van der Waals surface area contributed by atoms with Gasteiger partial charge in [-0.3, -0.25) is 4.98 Å². The van der Waals surface area contributed by atoms with E-state index < -0.39 is 0 Å². The molecule has 5 rings (SSSR count). The van der Waals surface area contributed by atoms with E-state index in [1.165, 1.54) is 5.56 Å². The van der Waals surface area contributed by atoms with Crippen molar-refractivity contribution >= 4 is 45.8 Å². The highest BCUT2D eigenvalue weighted by Gasteiger charge is 2.10. The molecule has 0 fully saturated rings. The zero-order valence-corrected chi connectivity index (χ0v) is 21.9. The van der Waals surface area contributed by atoms with Gasteiger partial charge in [0.1, 0.15) is 0 Å². The van der Waals surface area contributed by atoms with Crippen molar-refractivity contribution in [3.8, 4) is 0 Å². The molecule has 2 heterocycles. The summed E-state index contributed by atoms with van der Waals surface area (Å²) < 4.78 is 0. The number of benzene rings is 3. The number of aromatic nitrogens is 4. The summed E-state index contributed by atoms with van der Waals surface area (Å²) >= 11 is 0. The van der Waals surface area contributed by atoms with Gasteiger partial charge in [0.15, 0.2) is 0 Å². The first kappa shape index (κ1) is 25.0. The summed E-state index contributed by atoms with van der Waals surface area (Å²) in [7, 11) is 0. The molecule has 192 valence electrons. The fourth-order valence-electron chi connectivity index (χ4n) is 4.16. The first-order chi connectivity index (χ1) is 18.5. The molecule has 5 aromatic rings. The quantitative estimate of drug-likeness (QED) is 0.155. The zero-order chi connectivity index (χ0) is 26.3. The summed E-state index contributed by atoms with van der Waals surface area (Å²) in [5, 5.41) is 14.7. The third-order valence-corrected chi connectivity index (χ3v) is 6.27. The van der Waals surface area contributed by atoms with Crippen LogP contribution in [0.15, 0.2) is 79.0 Å². The predicted molar refractivity (Wildman–Crippen MR) is 157 cm³/mol. The molecule has 0 bridgehead atoms. The topological polar surface area (TPSA) is 99.7 Å². The molecule has 0 atom stereocenters. The van der Waals surface area contributed by atoms with Gasteiger partial charge in [-0.15, -0.1) is 0 Å². The number of aryl methyl sites for hydroxylation is 3. The van der Waals surface area contributed by atoms with Gasteiger partial charge in [-0.1, -0.05) is 48.5 Å². The van der Waals surface area contributed by atoms with Gasteiger partial charge in [0, 0.05) is 41.7 Å². The van der Waals surface area contributed by atoms with Gasteiger partial charge in [0.25, 0.3) is 0 Å². The lowest BCUT2D eigenvalue weighted by Crippen LogP contribution is -2.13. The maximum absolute atomic E-state index is 4.63. The summed E-state index contributed by atoms with van der Waals surface area (Å²) in [6.45, 7) is 7.68. The number of hydrogen-bond donors (Lipinski definition) is 4. The summed E-state index contributed by atoms with van der Waals surface area (Å²) in [6, 6.07) is 24.5. The first-order valence-corrected chi connectivity index (χ1v) is 12.8. The van der Waals surface area contributed by atoms with E-state index in [4.69, 9.17) is 0 Å². The molecule has 0 aliphatic rings. The van der Waals surface area contributed by atoms with Crippen molar-refractivity contribution in [1.82, 2.24) is 19.9 Å². The number of fused-ring (bicyclic) bond motifs is 1. The molecule has 0 saturated heterocycles. The molecule has 4 N–H and O–H groups in total. The van der Waals surface area contributed by atoms with Crippen LogP contribution >= 0.6 is 0 Å². The second-order valence-electron chi connectivity index (χ2n) is 9.27. The van der Waals surface area contributed by atoms with E-state index in [2.05, 4.69) is 92.3 Å². The smallest absolute Gasteiger partial charge is 0.233 e. The van der Waals surface area contributed by atoms with Gasteiger partial charge in [-0.2, -0.15) is 15.0 Å². The molecule has 38 heavy (non-hydrogen) atoms. The molecule has 8 heteroatoms. The van der Waals surface area contributed by atoms with Gasteiger partial charge in [0.2, 0.25) is 17.8 Å². The van der Waals surface area contributed by atoms with Crippen LogP contribution in [0.4, 0.5) is 34.9 Å². The molecule has 0 saturated carbocycles. The molecular weight excluding hydrogens is 472 g/mol. The second-order valence-corrected chi connectivity index (χ2v) is 9.27. The van der Waals surface area contributed by atoms with Gasteiger partial charge in [0.05, 0.1) is 5.52 Å². The predicted octanol–water partition coefficient (Wildman–Crippen LogP) is 6.75. The van der Waals surface area contributed by atoms with E-state index in [0.29, 0.717) is 24.4 Å². The van der Waals surface area contributed by atoms with Crippen LogP contribution in [0.3, 0.4) is 0 Å². The Kier molecular flexibility index (Phi) is 7.59. The van der Waals surface area contributed by atoms with E-state index in [1.54, 1.807) is 0 Å². The number of nitrogens with one attached hydrogen (secondary N) is 4. The molecular formula is C30H32N8. The molecule has 2 aromatic heterocycles. The Labute approximate surface area is 223 Å². The second kappa shape index (κ2) is 11.6. The zero-order valence-electron chi connectivity index (χ0n) is 21.9. The minimum absolute atomic E-state index is 0.476. The van der Waals surface area contributed by atoms with Crippen LogP contribution in [0.5, 0.6) is 0 Å².